The van der Waals surface area contributed by atoms with E-state index in [9.17, 15) is 5.11 Å². The Morgan fingerprint density at radius 2 is 1.83 bits per heavy atom. The van der Waals surface area contributed by atoms with Crippen LogP contribution in [0.2, 0.25) is 0 Å². The number of aryl methyl sites for hydroxylation is 1. The van der Waals surface area contributed by atoms with E-state index >= 15 is 0 Å². The second-order valence-electron chi connectivity index (χ2n) is 6.12. The summed E-state index contributed by atoms with van der Waals surface area (Å²) in [5.74, 6) is -1.37. The summed E-state index contributed by atoms with van der Waals surface area (Å²) in [6.45, 7) is 1.87. The van der Waals surface area contributed by atoms with E-state index in [-0.39, 0.29) is 0 Å². The van der Waals surface area contributed by atoms with Gasteiger partial charge in [0.15, 0.2) is 6.10 Å². The van der Waals surface area contributed by atoms with Gasteiger partial charge >= 0.3 is 0 Å². The zero-order valence-electron chi connectivity index (χ0n) is 13.0. The van der Waals surface area contributed by atoms with Gasteiger partial charge in [-0.15, -0.1) is 0 Å². The first-order chi connectivity index (χ1) is 11.7. The van der Waals surface area contributed by atoms with Gasteiger partial charge in [-0.05, 0) is 13.0 Å². The van der Waals surface area contributed by atoms with Crippen LogP contribution in [0.1, 0.15) is 23.1 Å². The lowest BCUT2D eigenvalue weighted by atomic mass is 10.0. The molecule has 0 radical (unpaired) electrons. The Morgan fingerprint density at radius 3 is 2.71 bits per heavy atom. The predicted molar refractivity (Wildman–Crippen MR) is 90.3 cm³/mol. The lowest BCUT2D eigenvalue weighted by Gasteiger charge is -2.08. The Bertz CT molecular complexity index is 1090. The molecule has 5 nitrogen and oxygen atoms in total. The van der Waals surface area contributed by atoms with E-state index < -0.39 is 11.9 Å². The number of nitrogens with one attached hydrogen (secondary N) is 1. The molecule has 118 valence electrons. The molecule has 0 spiro atoms. The predicted octanol–water partition coefficient (Wildman–Crippen LogP) is 3.34. The number of H-pyrrole nitrogens is 1. The summed E-state index contributed by atoms with van der Waals surface area (Å²) in [5, 5.41) is 13.3. The Kier molecular flexibility index (Phi) is 2.63. The molecule has 4 aromatic rings. The van der Waals surface area contributed by atoms with E-state index in [2.05, 4.69) is 21.0 Å². The average molecular weight is 317 g/mol. The molecule has 2 N–H and O–H groups in total. The number of benzene rings is 2. The van der Waals surface area contributed by atoms with Gasteiger partial charge in [-0.1, -0.05) is 36.4 Å². The first kappa shape index (κ1) is 13.7. The minimum Gasteiger partial charge on any atom is -0.359 e. The Hall–Kier alpha value is -2.76. The molecular weight excluding hydrogens is 302 g/mol. The molecule has 1 aliphatic rings. The van der Waals surface area contributed by atoms with Crippen molar-refractivity contribution in [1.29, 1.82) is 0 Å². The SMILES string of the molecule is Cc1nccnc1C1OC1(O)c1cccc2c1[nH]c1ccccc12. The second kappa shape index (κ2) is 4.63. The highest BCUT2D eigenvalue weighted by Crippen LogP contribution is 2.56. The van der Waals surface area contributed by atoms with Gasteiger partial charge in [0, 0.05) is 34.2 Å². The molecule has 0 amide bonds. The van der Waals surface area contributed by atoms with Crippen molar-refractivity contribution >= 4 is 21.8 Å². The highest BCUT2D eigenvalue weighted by atomic mass is 16.7. The van der Waals surface area contributed by atoms with Crippen LogP contribution in [0, 0.1) is 6.92 Å². The number of nitrogens with zero attached hydrogens (tertiary/aromatic N) is 2. The smallest absolute Gasteiger partial charge is 0.228 e. The Labute approximate surface area is 137 Å². The summed E-state index contributed by atoms with van der Waals surface area (Å²) in [6.07, 6.45) is 2.76. The zero-order chi connectivity index (χ0) is 16.3. The van der Waals surface area contributed by atoms with Crippen molar-refractivity contribution in [2.75, 3.05) is 0 Å². The summed E-state index contributed by atoms with van der Waals surface area (Å²) < 4.78 is 5.69. The molecule has 1 fully saturated rings. The number of ether oxygens (including phenoxy) is 1. The van der Waals surface area contributed by atoms with Crippen LogP contribution in [-0.4, -0.2) is 20.1 Å². The number of hydrogen-bond donors (Lipinski definition) is 2. The maximum atomic E-state index is 11.1. The van der Waals surface area contributed by atoms with Crippen molar-refractivity contribution in [2.45, 2.75) is 18.8 Å². The largest absolute Gasteiger partial charge is 0.359 e. The molecule has 1 saturated heterocycles. The van der Waals surface area contributed by atoms with Gasteiger partial charge in [0.05, 0.1) is 16.9 Å². The summed E-state index contributed by atoms with van der Waals surface area (Å²) in [5.41, 5.74) is 4.10. The highest BCUT2D eigenvalue weighted by molar-refractivity contribution is 6.08. The number of aromatic amines is 1. The van der Waals surface area contributed by atoms with Crippen LogP contribution < -0.4 is 0 Å². The van der Waals surface area contributed by atoms with Crippen molar-refractivity contribution in [3.05, 3.63) is 71.8 Å². The third-order valence-electron chi connectivity index (χ3n) is 4.69. The number of para-hydroxylation sites is 2. The lowest BCUT2D eigenvalue weighted by Crippen LogP contribution is -2.11. The standard InChI is InChI=1S/C19H15N3O2/c1-11-16(21-10-9-20-11)18-19(23,24-18)14-7-4-6-13-12-5-2-3-8-15(12)22-17(13)14/h2-10,18,22-23H,1H3. The molecule has 5 heteroatoms. The lowest BCUT2D eigenvalue weighted by molar-refractivity contribution is 0.0345. The van der Waals surface area contributed by atoms with E-state index in [0.717, 1.165) is 33.1 Å². The third kappa shape index (κ3) is 1.76. The molecule has 0 bridgehead atoms. The zero-order valence-corrected chi connectivity index (χ0v) is 13.0. The molecule has 2 aromatic carbocycles. The van der Waals surface area contributed by atoms with Crippen LogP contribution in [0.15, 0.2) is 54.9 Å². The number of rotatable bonds is 2. The van der Waals surface area contributed by atoms with E-state index in [1.54, 1.807) is 12.4 Å². The molecule has 5 rings (SSSR count). The Morgan fingerprint density at radius 1 is 1.04 bits per heavy atom. The van der Waals surface area contributed by atoms with Crippen molar-refractivity contribution < 1.29 is 9.84 Å². The van der Waals surface area contributed by atoms with Crippen LogP contribution in [-0.2, 0) is 10.5 Å². The summed E-state index contributed by atoms with van der Waals surface area (Å²) in [7, 11) is 0. The van der Waals surface area contributed by atoms with Gasteiger partial charge in [-0.2, -0.15) is 0 Å². The summed E-state index contributed by atoms with van der Waals surface area (Å²) in [4.78, 5) is 12.0. The first-order valence-electron chi connectivity index (χ1n) is 7.86. The number of aliphatic hydroxyl groups is 1. The van der Waals surface area contributed by atoms with Gasteiger partial charge in [0.25, 0.3) is 0 Å². The molecule has 0 saturated carbocycles. The summed E-state index contributed by atoms with van der Waals surface area (Å²) in [6, 6.07) is 14.0. The van der Waals surface area contributed by atoms with E-state index in [1.165, 1.54) is 0 Å². The first-order valence-corrected chi connectivity index (χ1v) is 7.86. The van der Waals surface area contributed by atoms with Gasteiger partial charge in [0.2, 0.25) is 5.79 Å². The maximum Gasteiger partial charge on any atom is 0.228 e. The fourth-order valence-corrected chi connectivity index (χ4v) is 3.44. The van der Waals surface area contributed by atoms with Crippen LogP contribution in [0.4, 0.5) is 0 Å². The molecule has 2 atom stereocenters. The minimum atomic E-state index is -1.37. The highest BCUT2D eigenvalue weighted by Gasteiger charge is 2.60. The second-order valence-corrected chi connectivity index (χ2v) is 6.12. The van der Waals surface area contributed by atoms with E-state index in [1.807, 2.05) is 43.3 Å². The van der Waals surface area contributed by atoms with Crippen molar-refractivity contribution in [1.82, 2.24) is 15.0 Å². The van der Waals surface area contributed by atoms with Gasteiger partial charge in [-0.25, -0.2) is 0 Å². The van der Waals surface area contributed by atoms with Gasteiger partial charge in [-0.3, -0.25) is 9.97 Å². The van der Waals surface area contributed by atoms with Crippen LogP contribution in [0.25, 0.3) is 21.8 Å². The molecule has 2 unspecified atom stereocenters. The number of fused-ring (bicyclic) bond motifs is 3. The number of hydrogen-bond acceptors (Lipinski definition) is 4. The average Bonchev–Trinajstić information content (AvgIpc) is 3.14. The molecule has 2 aromatic heterocycles. The number of aromatic nitrogens is 3. The molecular formula is C19H15N3O2. The fraction of sp³-hybridized carbons (Fsp3) is 0.158. The van der Waals surface area contributed by atoms with Gasteiger partial charge < -0.3 is 14.8 Å². The number of epoxide rings is 1. The van der Waals surface area contributed by atoms with E-state index in [4.69, 9.17) is 4.74 Å². The van der Waals surface area contributed by atoms with Crippen molar-refractivity contribution in [3.8, 4) is 0 Å². The normalized spacial score (nSPS) is 23.0. The molecule has 3 heterocycles. The third-order valence-corrected chi connectivity index (χ3v) is 4.69. The van der Waals surface area contributed by atoms with Crippen LogP contribution >= 0.6 is 0 Å². The monoisotopic (exact) mass is 317 g/mol. The topological polar surface area (TPSA) is 74.3 Å². The molecule has 1 aliphatic heterocycles. The van der Waals surface area contributed by atoms with Crippen molar-refractivity contribution in [2.24, 2.45) is 0 Å². The molecule has 0 aliphatic carbocycles. The fourth-order valence-electron chi connectivity index (χ4n) is 3.44. The van der Waals surface area contributed by atoms with Crippen molar-refractivity contribution in [3.63, 3.8) is 0 Å². The molecule has 24 heavy (non-hydrogen) atoms. The van der Waals surface area contributed by atoms with Crippen LogP contribution in [0.3, 0.4) is 0 Å². The minimum absolute atomic E-state index is 0.497. The van der Waals surface area contributed by atoms with Crippen LogP contribution in [0.5, 0.6) is 0 Å². The maximum absolute atomic E-state index is 11.1. The quantitative estimate of drug-likeness (QED) is 0.556. The summed E-state index contributed by atoms with van der Waals surface area (Å²) >= 11 is 0. The Balaban J connectivity index is 1.69. The van der Waals surface area contributed by atoms with Gasteiger partial charge in [0.1, 0.15) is 0 Å². The van der Waals surface area contributed by atoms with E-state index in [0.29, 0.717) is 5.69 Å².